The molecule has 0 radical (unpaired) electrons. The van der Waals surface area contributed by atoms with Crippen LogP contribution in [0.1, 0.15) is 19.4 Å². The van der Waals surface area contributed by atoms with Crippen LogP contribution < -0.4 is 4.90 Å². The number of morpholine rings is 1. The molecule has 26 heavy (non-hydrogen) atoms. The molecule has 1 N–H and O–H groups in total. The van der Waals surface area contributed by atoms with Gasteiger partial charge in [0.1, 0.15) is 17.1 Å². The number of ether oxygens (including phenoxy) is 1. The third-order valence-corrected chi connectivity index (χ3v) is 4.98. The summed E-state index contributed by atoms with van der Waals surface area (Å²) in [5.41, 5.74) is 2.35. The number of likely N-dealkylation sites (tertiary alicyclic amines) is 1. The van der Waals surface area contributed by atoms with Gasteiger partial charge >= 0.3 is 0 Å². The molecule has 2 atom stereocenters. The van der Waals surface area contributed by atoms with Crippen LogP contribution in [0.2, 0.25) is 0 Å². The summed E-state index contributed by atoms with van der Waals surface area (Å²) in [4.78, 5) is 13.3. The summed E-state index contributed by atoms with van der Waals surface area (Å²) in [6.07, 6.45) is 3.44. The zero-order valence-corrected chi connectivity index (χ0v) is 15.1. The average molecular weight is 353 g/mol. The summed E-state index contributed by atoms with van der Waals surface area (Å²) < 4.78 is 6.12. The summed E-state index contributed by atoms with van der Waals surface area (Å²) >= 11 is 0. The number of hydrogen-bond donors (Lipinski definition) is 1. The standard InChI is InChI=1S/C19H23N5O2/c1-13-8-24(10-15(26-13)9-23-11-19(2,25)12-23)16-4-3-14(7-20)17-18(16)22-6-5-21-17/h3-6,13,15,25H,8-12H2,1-2H3/t13-,15+/m1/s1. The topological polar surface area (TPSA) is 85.5 Å². The van der Waals surface area contributed by atoms with Crippen molar-refractivity contribution in [3.8, 4) is 6.07 Å². The number of aliphatic hydroxyl groups is 1. The number of aromatic nitrogens is 2. The van der Waals surface area contributed by atoms with Crippen LogP contribution in [0.15, 0.2) is 24.5 Å². The predicted molar refractivity (Wildman–Crippen MR) is 97.9 cm³/mol. The fraction of sp³-hybridized carbons (Fsp3) is 0.526. The molecule has 1 aromatic carbocycles. The van der Waals surface area contributed by atoms with Gasteiger partial charge in [0.25, 0.3) is 0 Å². The number of hydrogen-bond acceptors (Lipinski definition) is 7. The highest BCUT2D eigenvalue weighted by Crippen LogP contribution is 2.29. The van der Waals surface area contributed by atoms with Crippen LogP contribution >= 0.6 is 0 Å². The van der Waals surface area contributed by atoms with Gasteiger partial charge in [0.05, 0.1) is 29.1 Å². The van der Waals surface area contributed by atoms with E-state index in [0.29, 0.717) is 24.2 Å². The van der Waals surface area contributed by atoms with E-state index in [2.05, 4.69) is 32.8 Å². The summed E-state index contributed by atoms with van der Waals surface area (Å²) in [7, 11) is 0. The lowest BCUT2D eigenvalue weighted by atomic mass is 9.96. The smallest absolute Gasteiger partial charge is 0.113 e. The molecule has 0 saturated carbocycles. The van der Waals surface area contributed by atoms with Crippen LogP contribution in [0.4, 0.5) is 5.69 Å². The van der Waals surface area contributed by atoms with Crippen molar-refractivity contribution < 1.29 is 9.84 Å². The van der Waals surface area contributed by atoms with E-state index in [9.17, 15) is 10.4 Å². The van der Waals surface area contributed by atoms with Gasteiger partial charge in [0, 0.05) is 45.1 Å². The first-order valence-corrected chi connectivity index (χ1v) is 8.94. The van der Waals surface area contributed by atoms with Crippen molar-refractivity contribution >= 4 is 16.7 Å². The normalized spacial score (nSPS) is 25.7. The van der Waals surface area contributed by atoms with E-state index in [1.54, 1.807) is 12.4 Å². The Kier molecular flexibility index (Phi) is 4.27. The Labute approximate surface area is 152 Å². The predicted octanol–water partition coefficient (Wildman–Crippen LogP) is 1.16. The Morgan fingerprint density at radius 3 is 2.69 bits per heavy atom. The number of benzene rings is 1. The summed E-state index contributed by atoms with van der Waals surface area (Å²) in [6.45, 7) is 7.63. The Morgan fingerprint density at radius 2 is 2.00 bits per heavy atom. The molecule has 136 valence electrons. The van der Waals surface area contributed by atoms with Gasteiger partial charge in [0.15, 0.2) is 0 Å². The second-order valence-electron chi connectivity index (χ2n) is 7.64. The number of anilines is 1. The highest BCUT2D eigenvalue weighted by molar-refractivity contribution is 5.92. The van der Waals surface area contributed by atoms with Gasteiger partial charge < -0.3 is 14.7 Å². The first-order valence-electron chi connectivity index (χ1n) is 8.94. The molecule has 0 aliphatic carbocycles. The van der Waals surface area contributed by atoms with Crippen molar-refractivity contribution in [1.82, 2.24) is 14.9 Å². The number of nitriles is 1. The number of β-amino-alcohol motifs (C(OH)–C–C–N with tert-alkyl or cyclic N) is 1. The maximum atomic E-state index is 9.93. The van der Waals surface area contributed by atoms with E-state index < -0.39 is 5.60 Å². The molecule has 0 spiro atoms. The van der Waals surface area contributed by atoms with Crippen LogP contribution in [0.25, 0.3) is 11.0 Å². The third kappa shape index (κ3) is 3.23. The minimum Gasteiger partial charge on any atom is -0.388 e. The molecule has 2 saturated heterocycles. The Morgan fingerprint density at radius 1 is 1.27 bits per heavy atom. The van der Waals surface area contributed by atoms with E-state index in [1.165, 1.54) is 0 Å². The first-order chi connectivity index (χ1) is 12.4. The van der Waals surface area contributed by atoms with E-state index in [1.807, 2.05) is 19.1 Å². The largest absolute Gasteiger partial charge is 0.388 e. The highest BCUT2D eigenvalue weighted by atomic mass is 16.5. The fourth-order valence-electron chi connectivity index (χ4n) is 4.07. The lowest BCUT2D eigenvalue weighted by Gasteiger charge is -2.47. The van der Waals surface area contributed by atoms with Crippen LogP contribution in [-0.4, -0.2) is 70.5 Å². The van der Waals surface area contributed by atoms with E-state index >= 15 is 0 Å². The Hall–Kier alpha value is -2.27. The molecular formula is C19H23N5O2. The molecule has 2 aromatic rings. The minimum atomic E-state index is -0.571. The van der Waals surface area contributed by atoms with Crippen LogP contribution in [-0.2, 0) is 4.74 Å². The Balaban J connectivity index is 1.57. The quantitative estimate of drug-likeness (QED) is 0.886. The summed E-state index contributed by atoms with van der Waals surface area (Å²) in [5, 5.41) is 19.2. The van der Waals surface area contributed by atoms with Crippen molar-refractivity contribution in [2.24, 2.45) is 0 Å². The van der Waals surface area contributed by atoms with E-state index in [0.717, 1.165) is 30.8 Å². The van der Waals surface area contributed by atoms with Gasteiger partial charge in [0.2, 0.25) is 0 Å². The van der Waals surface area contributed by atoms with Gasteiger partial charge in [-0.2, -0.15) is 5.26 Å². The van der Waals surface area contributed by atoms with Gasteiger partial charge in [-0.25, -0.2) is 0 Å². The SMILES string of the molecule is C[C@@H]1CN(c2ccc(C#N)c3nccnc23)C[C@H](CN2CC(C)(O)C2)O1. The number of nitrogens with zero attached hydrogens (tertiary/aromatic N) is 5. The maximum Gasteiger partial charge on any atom is 0.113 e. The second-order valence-corrected chi connectivity index (χ2v) is 7.64. The van der Waals surface area contributed by atoms with E-state index in [4.69, 9.17) is 4.74 Å². The van der Waals surface area contributed by atoms with Crippen molar-refractivity contribution in [2.45, 2.75) is 31.7 Å². The molecule has 0 unspecified atom stereocenters. The lowest BCUT2D eigenvalue weighted by Crippen LogP contribution is -2.63. The van der Waals surface area contributed by atoms with Crippen LogP contribution in [0, 0.1) is 11.3 Å². The molecule has 3 heterocycles. The highest BCUT2D eigenvalue weighted by Gasteiger charge is 2.38. The fourth-order valence-corrected chi connectivity index (χ4v) is 4.07. The molecule has 7 heteroatoms. The monoisotopic (exact) mass is 353 g/mol. The molecular weight excluding hydrogens is 330 g/mol. The molecule has 1 aromatic heterocycles. The summed E-state index contributed by atoms with van der Waals surface area (Å²) in [6, 6.07) is 5.96. The zero-order valence-electron chi connectivity index (χ0n) is 15.1. The molecule has 4 rings (SSSR count). The maximum absolute atomic E-state index is 9.93. The first kappa shape index (κ1) is 17.2. The summed E-state index contributed by atoms with van der Waals surface area (Å²) in [5.74, 6) is 0. The van der Waals surface area contributed by atoms with Crippen molar-refractivity contribution in [1.29, 1.82) is 5.26 Å². The van der Waals surface area contributed by atoms with Gasteiger partial charge in [-0.15, -0.1) is 0 Å². The molecule has 0 amide bonds. The zero-order chi connectivity index (χ0) is 18.3. The van der Waals surface area contributed by atoms with Crippen molar-refractivity contribution in [3.63, 3.8) is 0 Å². The Bertz CT molecular complexity index is 855. The molecule has 2 aliphatic heterocycles. The lowest BCUT2D eigenvalue weighted by molar-refractivity contribution is -0.111. The van der Waals surface area contributed by atoms with Crippen LogP contribution in [0.5, 0.6) is 0 Å². The number of rotatable bonds is 3. The number of fused-ring (bicyclic) bond motifs is 1. The van der Waals surface area contributed by atoms with Gasteiger partial charge in [-0.05, 0) is 26.0 Å². The molecule has 2 aliphatic rings. The van der Waals surface area contributed by atoms with Gasteiger partial charge in [-0.1, -0.05) is 0 Å². The second kappa shape index (κ2) is 6.47. The molecule has 7 nitrogen and oxygen atoms in total. The van der Waals surface area contributed by atoms with Crippen molar-refractivity contribution in [2.75, 3.05) is 37.6 Å². The molecule has 2 fully saturated rings. The third-order valence-electron chi connectivity index (χ3n) is 4.98. The van der Waals surface area contributed by atoms with Gasteiger partial charge in [-0.3, -0.25) is 14.9 Å². The average Bonchev–Trinajstić information content (AvgIpc) is 2.58. The van der Waals surface area contributed by atoms with E-state index in [-0.39, 0.29) is 12.2 Å². The minimum absolute atomic E-state index is 0.0669. The van der Waals surface area contributed by atoms with Crippen LogP contribution in [0.3, 0.4) is 0 Å². The molecule has 0 bridgehead atoms. The van der Waals surface area contributed by atoms with Crippen molar-refractivity contribution in [3.05, 3.63) is 30.1 Å².